The van der Waals surface area contributed by atoms with Crippen LogP contribution in [0.5, 0.6) is 0 Å². The Morgan fingerprint density at radius 2 is 1.52 bits per heavy atom. The number of benzene rings is 2. The molecule has 0 bridgehead atoms. The first-order valence-corrected chi connectivity index (χ1v) is 11.1. The van der Waals surface area contributed by atoms with Crippen molar-refractivity contribution >= 4 is 31.4 Å². The van der Waals surface area contributed by atoms with Gasteiger partial charge in [-0.3, -0.25) is 0 Å². The van der Waals surface area contributed by atoms with Crippen molar-refractivity contribution in [3.63, 3.8) is 0 Å². The maximum absolute atomic E-state index is 4.62. The van der Waals surface area contributed by atoms with Crippen LogP contribution in [0.15, 0.2) is 85.2 Å². The Bertz CT molecular complexity index is 1150. The van der Waals surface area contributed by atoms with Crippen LogP contribution in [0.4, 0.5) is 0 Å². The van der Waals surface area contributed by atoms with Gasteiger partial charge in [0.25, 0.3) is 0 Å². The second-order valence-electron chi connectivity index (χ2n) is 5.89. The molecule has 0 aliphatic heterocycles. The summed E-state index contributed by atoms with van der Waals surface area (Å²) in [7, 11) is 4.61. The fraction of sp³-hybridized carbons (Fsp3) is 0. The van der Waals surface area contributed by atoms with Crippen LogP contribution in [0.2, 0.25) is 0 Å². The Morgan fingerprint density at radius 3 is 2.37 bits per heavy atom. The SMILES string of the molecule is [Cl][Pt+].[c-]1c(-c2ccccn2)cccc1-n1c2ccccc2c2cccnc21. The van der Waals surface area contributed by atoms with E-state index in [1.165, 1.54) is 5.39 Å². The van der Waals surface area contributed by atoms with Crippen LogP contribution < -0.4 is 0 Å². The topological polar surface area (TPSA) is 30.7 Å². The molecule has 0 unspecified atom stereocenters. The molecule has 0 saturated heterocycles. The summed E-state index contributed by atoms with van der Waals surface area (Å²) in [5, 5.41) is 2.34. The maximum Gasteiger partial charge on any atom is 0.144 e. The minimum Gasteiger partial charge on any atom is -0.312 e. The molecule has 0 radical (unpaired) electrons. The van der Waals surface area contributed by atoms with Gasteiger partial charge in [-0.1, -0.05) is 30.3 Å². The molecule has 0 aliphatic rings. The van der Waals surface area contributed by atoms with Crippen molar-refractivity contribution in [1.82, 2.24) is 14.5 Å². The molecule has 3 aromatic heterocycles. The first-order valence-electron chi connectivity index (χ1n) is 8.32. The maximum atomic E-state index is 4.62. The average Bonchev–Trinajstić information content (AvgIpc) is 3.10. The van der Waals surface area contributed by atoms with Crippen molar-refractivity contribution in [3.05, 3.63) is 91.3 Å². The van der Waals surface area contributed by atoms with Crippen LogP contribution in [0.1, 0.15) is 0 Å². The molecule has 0 saturated carbocycles. The van der Waals surface area contributed by atoms with E-state index >= 15 is 0 Å². The van der Waals surface area contributed by atoms with E-state index in [9.17, 15) is 0 Å². The van der Waals surface area contributed by atoms with E-state index in [0.717, 1.165) is 33.5 Å². The smallest absolute Gasteiger partial charge is 0.144 e. The fourth-order valence-corrected chi connectivity index (χ4v) is 3.30. The van der Waals surface area contributed by atoms with E-state index in [-0.39, 0.29) is 0 Å². The zero-order chi connectivity index (χ0) is 18.6. The Hall–Kier alpha value is -2.48. The Kier molecular flexibility index (Phi) is 5.33. The number of hydrogen-bond acceptors (Lipinski definition) is 2. The first-order chi connectivity index (χ1) is 13.4. The van der Waals surface area contributed by atoms with Gasteiger partial charge in [0.15, 0.2) is 0 Å². The third-order valence-electron chi connectivity index (χ3n) is 4.40. The first kappa shape index (κ1) is 17.9. The second kappa shape index (κ2) is 8.04. The van der Waals surface area contributed by atoms with E-state index in [1.807, 2.05) is 42.6 Å². The number of para-hydroxylation sites is 1. The van der Waals surface area contributed by atoms with E-state index in [1.54, 1.807) is 25.0 Å². The van der Waals surface area contributed by atoms with Crippen LogP contribution in [-0.2, 0) is 18.8 Å². The summed E-state index contributed by atoms with van der Waals surface area (Å²) < 4.78 is 2.16. The number of aromatic nitrogens is 3. The van der Waals surface area contributed by atoms with Crippen molar-refractivity contribution in [1.29, 1.82) is 0 Å². The molecule has 5 rings (SSSR count). The molecular formula is C22H14ClN3Pt. The average molecular weight is 551 g/mol. The molecule has 5 heteroatoms. The molecule has 2 aromatic carbocycles. The van der Waals surface area contributed by atoms with Gasteiger partial charge >= 0.3 is 28.2 Å². The minimum absolute atomic E-state index is 0.915. The fourth-order valence-electron chi connectivity index (χ4n) is 3.30. The summed E-state index contributed by atoms with van der Waals surface area (Å²) in [6.45, 7) is 0. The number of rotatable bonds is 2. The number of pyridine rings is 2. The molecule has 3 nitrogen and oxygen atoms in total. The number of nitrogens with zero attached hydrogens (tertiary/aromatic N) is 3. The Labute approximate surface area is 172 Å². The van der Waals surface area contributed by atoms with E-state index in [4.69, 9.17) is 0 Å². The van der Waals surface area contributed by atoms with Crippen LogP contribution in [0.3, 0.4) is 0 Å². The number of halogens is 1. The minimum atomic E-state index is 0.915. The molecule has 0 amide bonds. The quantitative estimate of drug-likeness (QED) is 0.263. The van der Waals surface area contributed by atoms with Crippen LogP contribution in [0, 0.1) is 6.07 Å². The van der Waals surface area contributed by atoms with E-state index in [0.29, 0.717) is 0 Å². The number of fused-ring (bicyclic) bond motifs is 3. The van der Waals surface area contributed by atoms with E-state index in [2.05, 4.69) is 66.4 Å². The Morgan fingerprint density at radius 1 is 0.741 bits per heavy atom. The molecule has 3 heterocycles. The summed E-state index contributed by atoms with van der Waals surface area (Å²) in [5.74, 6) is 0. The largest absolute Gasteiger partial charge is 0.312 e. The molecule has 0 spiro atoms. The third-order valence-corrected chi connectivity index (χ3v) is 4.40. The summed E-state index contributed by atoms with van der Waals surface area (Å²) in [6, 6.07) is 28.0. The predicted octanol–water partition coefficient (Wildman–Crippen LogP) is 5.73. The monoisotopic (exact) mass is 550 g/mol. The third kappa shape index (κ3) is 3.29. The van der Waals surface area contributed by atoms with Gasteiger partial charge in [0.2, 0.25) is 0 Å². The van der Waals surface area contributed by atoms with Gasteiger partial charge in [-0.05, 0) is 35.6 Å². The van der Waals surface area contributed by atoms with Gasteiger partial charge in [0.1, 0.15) is 5.65 Å². The molecule has 27 heavy (non-hydrogen) atoms. The molecular weight excluding hydrogens is 537 g/mol. The number of hydrogen-bond donors (Lipinski definition) is 0. The van der Waals surface area contributed by atoms with E-state index < -0.39 is 0 Å². The molecule has 5 aromatic rings. The molecule has 134 valence electrons. The summed E-state index contributed by atoms with van der Waals surface area (Å²) in [4.78, 5) is 9.06. The summed E-state index contributed by atoms with van der Waals surface area (Å²) in [5.41, 5.74) is 4.93. The van der Waals surface area contributed by atoms with Crippen LogP contribution in [-0.4, -0.2) is 14.5 Å². The van der Waals surface area contributed by atoms with Gasteiger partial charge < -0.3 is 9.55 Å². The molecule has 0 aliphatic carbocycles. The zero-order valence-electron chi connectivity index (χ0n) is 14.1. The summed E-state index contributed by atoms with van der Waals surface area (Å²) in [6.07, 6.45) is 3.64. The van der Waals surface area contributed by atoms with Gasteiger partial charge in [-0.25, -0.2) is 4.98 Å². The summed E-state index contributed by atoms with van der Waals surface area (Å²) >= 11 is 1.61. The Balaban J connectivity index is 0.000000872. The van der Waals surface area contributed by atoms with Gasteiger partial charge in [0, 0.05) is 23.2 Å². The van der Waals surface area contributed by atoms with Crippen molar-refractivity contribution in [2.45, 2.75) is 0 Å². The van der Waals surface area contributed by atoms with Crippen molar-refractivity contribution in [3.8, 4) is 16.9 Å². The molecule has 0 fully saturated rings. The standard InChI is InChI=1S/C22H14N3.ClH.Pt/c1-2-12-21-18(9-1)19-10-6-14-24-22(19)25(21)17-8-5-7-16(15-17)20-11-3-4-13-23-20;;/h1-14H;1H;/q-1;;+2/p-1. The van der Waals surface area contributed by atoms with Crippen molar-refractivity contribution in [2.24, 2.45) is 0 Å². The second-order valence-corrected chi connectivity index (χ2v) is 5.89. The van der Waals surface area contributed by atoms with Crippen LogP contribution >= 0.6 is 9.42 Å². The normalized spacial score (nSPS) is 10.6. The molecule has 0 N–H and O–H groups in total. The van der Waals surface area contributed by atoms with Gasteiger partial charge in [0.05, 0.1) is 5.52 Å². The van der Waals surface area contributed by atoms with Gasteiger partial charge in [-0.2, -0.15) is 0 Å². The van der Waals surface area contributed by atoms with Crippen molar-refractivity contribution in [2.75, 3.05) is 0 Å². The zero-order valence-corrected chi connectivity index (χ0v) is 17.1. The predicted molar refractivity (Wildman–Crippen MR) is 106 cm³/mol. The van der Waals surface area contributed by atoms with Crippen LogP contribution in [0.25, 0.3) is 38.9 Å². The van der Waals surface area contributed by atoms with Gasteiger partial charge in [-0.15, -0.1) is 29.8 Å². The van der Waals surface area contributed by atoms with Crippen molar-refractivity contribution < 1.29 is 18.8 Å². The molecule has 0 atom stereocenters.